The fraction of sp³-hybridized carbons (Fsp3) is 0.381. The minimum Gasteiger partial charge on any atom is -0.461 e. The van der Waals surface area contributed by atoms with Crippen LogP contribution in [0.25, 0.3) is 10.4 Å². The molecule has 3 atom stereocenters. The van der Waals surface area contributed by atoms with E-state index in [1.54, 1.807) is 48.5 Å². The molecule has 0 spiro atoms. The van der Waals surface area contributed by atoms with E-state index in [9.17, 15) is 18.3 Å². The third-order valence-corrected chi connectivity index (χ3v) is 5.04. The van der Waals surface area contributed by atoms with Gasteiger partial charge in [0.05, 0.1) is 25.0 Å². The number of aliphatic hydroxyl groups is 1. The minimum atomic E-state index is -4.10. The number of carbonyl (C=O) groups excluding carboxylic acids is 1. The van der Waals surface area contributed by atoms with Crippen molar-refractivity contribution >= 4 is 16.1 Å². The molecule has 0 aromatic heterocycles. The predicted octanol–water partition coefficient (Wildman–Crippen LogP) is 3.08. The molecule has 0 radical (unpaired) electrons. The molecule has 2 aromatic rings. The zero-order valence-electron chi connectivity index (χ0n) is 18.0. The number of ether oxygens (including phenoxy) is 2. The Morgan fingerprint density at radius 3 is 2.26 bits per heavy atom. The van der Waals surface area contributed by atoms with E-state index in [4.69, 9.17) is 15.0 Å². The van der Waals surface area contributed by atoms with Gasteiger partial charge in [0.2, 0.25) is 0 Å². The molecule has 0 aliphatic carbocycles. The number of halogens is 2. The van der Waals surface area contributed by atoms with Gasteiger partial charge in [-0.25, -0.2) is 13.6 Å². The molecule has 0 heterocycles. The number of esters is 1. The summed E-state index contributed by atoms with van der Waals surface area (Å²) < 4.78 is 67.9. The van der Waals surface area contributed by atoms with Crippen LogP contribution in [0.1, 0.15) is 15.9 Å². The van der Waals surface area contributed by atoms with Gasteiger partial charge in [0.1, 0.15) is 24.9 Å². The van der Waals surface area contributed by atoms with E-state index in [2.05, 4.69) is 14.2 Å². The number of nitrogens with zero attached hydrogens (tertiary/aromatic N) is 3. The van der Waals surface area contributed by atoms with Crippen LogP contribution in [0.4, 0.5) is 8.78 Å². The van der Waals surface area contributed by atoms with E-state index in [1.807, 2.05) is 0 Å². The van der Waals surface area contributed by atoms with E-state index in [-0.39, 0.29) is 12.2 Å². The van der Waals surface area contributed by atoms with Crippen LogP contribution in [0, 0.1) is 0 Å². The summed E-state index contributed by atoms with van der Waals surface area (Å²) >= 11 is 0. The zero-order valence-corrected chi connectivity index (χ0v) is 18.8. The standard InChI is InChI=1S/C21H23F2N3O7S/c1-34(29,30)33-13-17(27)19(31-12-15-8-4-2-5-9-15)21(22,23)18(25-26-24)14-32-20(28)16-10-6-3-7-11-16/h2-11,17-19,27H,12-14H2,1H3/t17-,18+,19+/m0/s1. The largest absolute Gasteiger partial charge is 0.461 e. The first-order valence-corrected chi connectivity index (χ1v) is 11.7. The Morgan fingerprint density at radius 2 is 1.71 bits per heavy atom. The van der Waals surface area contributed by atoms with Crippen molar-refractivity contribution in [2.75, 3.05) is 19.5 Å². The normalized spacial score (nSPS) is 14.5. The second kappa shape index (κ2) is 12.4. The second-order valence-electron chi connectivity index (χ2n) is 7.13. The van der Waals surface area contributed by atoms with E-state index in [0.717, 1.165) is 0 Å². The van der Waals surface area contributed by atoms with Crippen LogP contribution in [0.3, 0.4) is 0 Å². The Hall–Kier alpha value is -3.09. The van der Waals surface area contributed by atoms with Crippen molar-refractivity contribution in [2.24, 2.45) is 5.11 Å². The highest BCUT2D eigenvalue weighted by Crippen LogP contribution is 2.32. The van der Waals surface area contributed by atoms with Crippen molar-refractivity contribution in [1.82, 2.24) is 0 Å². The minimum absolute atomic E-state index is 0.0870. The Labute approximate surface area is 194 Å². The summed E-state index contributed by atoms with van der Waals surface area (Å²) in [7, 11) is -4.06. The zero-order chi connectivity index (χ0) is 25.2. The molecule has 0 bridgehead atoms. The molecular formula is C21H23F2N3O7S. The van der Waals surface area contributed by atoms with E-state index >= 15 is 8.78 Å². The second-order valence-corrected chi connectivity index (χ2v) is 8.78. The first-order valence-electron chi connectivity index (χ1n) is 9.86. The summed E-state index contributed by atoms with van der Waals surface area (Å²) in [5.41, 5.74) is 9.37. The lowest BCUT2D eigenvalue weighted by atomic mass is 10.0. The maximum absolute atomic E-state index is 15.4. The van der Waals surface area contributed by atoms with Gasteiger partial charge < -0.3 is 14.6 Å². The molecule has 1 N–H and O–H groups in total. The van der Waals surface area contributed by atoms with Crippen LogP contribution >= 0.6 is 0 Å². The lowest BCUT2D eigenvalue weighted by Gasteiger charge is -2.33. The number of hydrogen-bond acceptors (Lipinski definition) is 8. The molecule has 0 amide bonds. The van der Waals surface area contributed by atoms with Crippen LogP contribution in [0.5, 0.6) is 0 Å². The van der Waals surface area contributed by atoms with Crippen molar-refractivity contribution in [3.05, 3.63) is 82.2 Å². The number of carbonyl (C=O) groups is 1. The highest BCUT2D eigenvalue weighted by Gasteiger charge is 2.52. The van der Waals surface area contributed by atoms with Gasteiger partial charge in [-0.3, -0.25) is 4.18 Å². The Balaban J connectivity index is 2.24. The monoisotopic (exact) mass is 499 g/mol. The summed E-state index contributed by atoms with van der Waals surface area (Å²) in [6, 6.07) is 13.4. The molecule has 0 unspecified atom stereocenters. The molecule has 2 rings (SSSR count). The lowest BCUT2D eigenvalue weighted by Crippen LogP contribution is -2.54. The molecule has 0 aliphatic heterocycles. The maximum atomic E-state index is 15.4. The SMILES string of the molecule is CS(=O)(=O)OC[C@H](O)[C@@H](OCc1ccccc1)C(F)(F)[C@@H](COC(=O)c1ccccc1)N=[N+]=[N-]. The van der Waals surface area contributed by atoms with Crippen molar-refractivity contribution in [3.8, 4) is 0 Å². The predicted molar refractivity (Wildman–Crippen MR) is 116 cm³/mol. The summed E-state index contributed by atoms with van der Waals surface area (Å²) in [6.07, 6.45) is -3.83. The van der Waals surface area contributed by atoms with Crippen LogP contribution in [-0.4, -0.2) is 63.1 Å². The van der Waals surface area contributed by atoms with Crippen molar-refractivity contribution < 1.29 is 40.8 Å². The third kappa shape index (κ3) is 8.36. The van der Waals surface area contributed by atoms with Gasteiger partial charge in [-0.15, -0.1) is 0 Å². The first kappa shape index (κ1) is 27.2. The molecule has 0 aliphatic rings. The Bertz CT molecular complexity index is 1080. The molecule has 0 saturated heterocycles. The fourth-order valence-corrected chi connectivity index (χ4v) is 3.19. The molecule has 13 heteroatoms. The van der Waals surface area contributed by atoms with Crippen molar-refractivity contribution in [1.29, 1.82) is 0 Å². The highest BCUT2D eigenvalue weighted by molar-refractivity contribution is 7.85. The Morgan fingerprint density at radius 1 is 1.12 bits per heavy atom. The molecule has 10 nitrogen and oxygen atoms in total. The van der Waals surface area contributed by atoms with E-state index in [0.29, 0.717) is 11.8 Å². The number of aliphatic hydroxyl groups excluding tert-OH is 1. The number of alkyl halides is 2. The summed E-state index contributed by atoms with van der Waals surface area (Å²) in [5.74, 6) is -5.03. The van der Waals surface area contributed by atoms with Gasteiger partial charge >= 0.3 is 5.97 Å². The van der Waals surface area contributed by atoms with Crippen molar-refractivity contribution in [3.63, 3.8) is 0 Å². The quantitative estimate of drug-likeness (QED) is 0.146. The molecule has 0 saturated carbocycles. The van der Waals surface area contributed by atoms with E-state index in [1.165, 1.54) is 12.1 Å². The maximum Gasteiger partial charge on any atom is 0.338 e. The fourth-order valence-electron chi connectivity index (χ4n) is 2.81. The lowest BCUT2D eigenvalue weighted by molar-refractivity contribution is -0.200. The molecular weight excluding hydrogens is 476 g/mol. The number of benzene rings is 2. The Kier molecular flexibility index (Phi) is 9.90. The van der Waals surface area contributed by atoms with Crippen LogP contribution < -0.4 is 0 Å². The summed E-state index contributed by atoms with van der Waals surface area (Å²) in [4.78, 5) is 14.5. The van der Waals surface area contributed by atoms with Crippen LogP contribution in [0.15, 0.2) is 65.8 Å². The van der Waals surface area contributed by atoms with Gasteiger partial charge in [0.25, 0.3) is 16.0 Å². The smallest absolute Gasteiger partial charge is 0.338 e. The highest BCUT2D eigenvalue weighted by atomic mass is 32.2. The van der Waals surface area contributed by atoms with E-state index < -0.39 is 53.5 Å². The van der Waals surface area contributed by atoms with Crippen LogP contribution in [-0.2, 0) is 30.4 Å². The van der Waals surface area contributed by atoms with Crippen LogP contribution in [0.2, 0.25) is 0 Å². The van der Waals surface area contributed by atoms with Gasteiger partial charge in [0.15, 0.2) is 0 Å². The van der Waals surface area contributed by atoms with Gasteiger partial charge in [-0.2, -0.15) is 8.42 Å². The number of azide groups is 1. The number of rotatable bonds is 13. The molecule has 0 fully saturated rings. The third-order valence-electron chi connectivity index (χ3n) is 4.47. The average molecular weight is 499 g/mol. The number of hydrogen-bond donors (Lipinski definition) is 1. The van der Waals surface area contributed by atoms with Gasteiger partial charge in [-0.1, -0.05) is 53.6 Å². The molecule has 2 aromatic carbocycles. The van der Waals surface area contributed by atoms with Gasteiger partial charge in [-0.05, 0) is 23.2 Å². The topological polar surface area (TPSA) is 148 Å². The average Bonchev–Trinajstić information content (AvgIpc) is 2.81. The summed E-state index contributed by atoms with van der Waals surface area (Å²) in [5, 5.41) is 13.4. The molecule has 184 valence electrons. The molecule has 34 heavy (non-hydrogen) atoms. The summed E-state index contributed by atoms with van der Waals surface area (Å²) in [6.45, 7) is -2.46. The van der Waals surface area contributed by atoms with Gasteiger partial charge in [0, 0.05) is 4.91 Å². The van der Waals surface area contributed by atoms with Crippen molar-refractivity contribution in [2.45, 2.75) is 30.8 Å². The first-order chi connectivity index (χ1) is 16.0.